The van der Waals surface area contributed by atoms with Gasteiger partial charge in [-0.05, 0) is 32.4 Å². The molecule has 0 fully saturated rings. The lowest BCUT2D eigenvalue weighted by Gasteiger charge is -2.10. The van der Waals surface area contributed by atoms with E-state index in [1.807, 2.05) is 0 Å². The Morgan fingerprint density at radius 1 is 1.22 bits per heavy atom. The minimum Gasteiger partial charge on any atom is -0.361 e. The Kier molecular flexibility index (Phi) is 6.65. The van der Waals surface area contributed by atoms with Gasteiger partial charge in [0.15, 0.2) is 5.96 Å². The van der Waals surface area contributed by atoms with E-state index in [9.17, 15) is 0 Å². The summed E-state index contributed by atoms with van der Waals surface area (Å²) in [4.78, 5) is 7.33. The monoisotopic (exact) mass is 334 g/mol. The molecule has 0 unspecified atom stereocenters. The summed E-state index contributed by atoms with van der Waals surface area (Å²) in [5.74, 6) is 1.76. The number of guanidine groups is 1. The maximum atomic E-state index is 5.40. The molecule has 5 nitrogen and oxygen atoms in total. The Hall–Kier alpha value is -1.82. The minimum absolute atomic E-state index is 0.592. The number of aliphatic imine (C=N–C) groups is 1. The van der Waals surface area contributed by atoms with Crippen LogP contribution in [0.1, 0.15) is 47.5 Å². The lowest BCUT2D eigenvalue weighted by Crippen LogP contribution is -2.36. The molecule has 0 aliphatic heterocycles. The van der Waals surface area contributed by atoms with E-state index >= 15 is 0 Å². The predicted octanol–water partition coefficient (Wildman–Crippen LogP) is 3.42. The maximum Gasteiger partial charge on any atom is 0.191 e. The molecule has 6 heteroatoms. The normalized spacial score (nSPS) is 11.7. The first-order valence-corrected chi connectivity index (χ1v) is 9.03. The summed E-state index contributed by atoms with van der Waals surface area (Å²) in [7, 11) is 0. The molecule has 0 saturated carbocycles. The Morgan fingerprint density at radius 3 is 2.65 bits per heavy atom. The summed E-state index contributed by atoms with van der Waals surface area (Å²) < 4.78 is 5.40. The largest absolute Gasteiger partial charge is 0.361 e. The standard InChI is InChI=1S/C17H26N4OS/c1-5-15-14(16(6-2)22-21-15)11-20-17(18-7-3)19-10-13-9-8-12(4)23-13/h8-9H,5-7,10-11H2,1-4H3,(H2,18,19,20). The molecule has 0 atom stereocenters. The summed E-state index contributed by atoms with van der Waals surface area (Å²) in [6.45, 7) is 10.6. The summed E-state index contributed by atoms with van der Waals surface area (Å²) >= 11 is 1.81. The summed E-state index contributed by atoms with van der Waals surface area (Å²) in [6, 6.07) is 4.30. The van der Waals surface area contributed by atoms with Gasteiger partial charge < -0.3 is 15.2 Å². The SMILES string of the molecule is CCNC(=NCc1c(CC)noc1CC)NCc1ccc(C)s1. The molecule has 0 saturated heterocycles. The summed E-state index contributed by atoms with van der Waals surface area (Å²) in [5, 5.41) is 10.8. The van der Waals surface area contributed by atoms with Crippen molar-refractivity contribution in [1.82, 2.24) is 15.8 Å². The van der Waals surface area contributed by atoms with Gasteiger partial charge in [0.25, 0.3) is 0 Å². The van der Waals surface area contributed by atoms with E-state index in [1.54, 1.807) is 11.3 Å². The molecule has 0 aliphatic rings. The number of hydrogen-bond donors (Lipinski definition) is 2. The average molecular weight is 334 g/mol. The van der Waals surface area contributed by atoms with E-state index in [1.165, 1.54) is 9.75 Å². The van der Waals surface area contributed by atoms with Gasteiger partial charge in [0.1, 0.15) is 5.76 Å². The molecule has 0 amide bonds. The molecule has 0 aromatic carbocycles. The molecule has 23 heavy (non-hydrogen) atoms. The Morgan fingerprint density at radius 2 is 2.04 bits per heavy atom. The fourth-order valence-electron chi connectivity index (χ4n) is 2.37. The number of aryl methyl sites for hydroxylation is 3. The van der Waals surface area contributed by atoms with Crippen molar-refractivity contribution >= 4 is 17.3 Å². The minimum atomic E-state index is 0.592. The zero-order valence-electron chi connectivity index (χ0n) is 14.4. The zero-order chi connectivity index (χ0) is 16.7. The first-order valence-electron chi connectivity index (χ1n) is 8.21. The topological polar surface area (TPSA) is 62.5 Å². The molecule has 0 aliphatic carbocycles. The quantitative estimate of drug-likeness (QED) is 0.601. The van der Waals surface area contributed by atoms with E-state index in [4.69, 9.17) is 9.52 Å². The predicted molar refractivity (Wildman–Crippen MR) is 96.0 cm³/mol. The van der Waals surface area contributed by atoms with Crippen molar-refractivity contribution in [2.24, 2.45) is 4.99 Å². The molecule has 126 valence electrons. The highest BCUT2D eigenvalue weighted by atomic mass is 32.1. The van der Waals surface area contributed by atoms with Crippen LogP contribution in [0.2, 0.25) is 0 Å². The smallest absolute Gasteiger partial charge is 0.191 e. The third kappa shape index (κ3) is 4.82. The van der Waals surface area contributed by atoms with Crippen LogP contribution in [-0.2, 0) is 25.9 Å². The van der Waals surface area contributed by atoms with Crippen molar-refractivity contribution < 1.29 is 4.52 Å². The van der Waals surface area contributed by atoms with Crippen molar-refractivity contribution in [2.45, 2.75) is 53.6 Å². The van der Waals surface area contributed by atoms with Crippen LogP contribution in [0, 0.1) is 6.92 Å². The number of nitrogens with one attached hydrogen (secondary N) is 2. The third-order valence-electron chi connectivity index (χ3n) is 3.57. The van der Waals surface area contributed by atoms with E-state index in [0.29, 0.717) is 6.54 Å². The van der Waals surface area contributed by atoms with E-state index in [0.717, 1.165) is 48.9 Å². The second-order valence-corrected chi connectivity index (χ2v) is 6.67. The van der Waals surface area contributed by atoms with Gasteiger partial charge in [-0.2, -0.15) is 0 Å². The molecular formula is C17H26N4OS. The van der Waals surface area contributed by atoms with Gasteiger partial charge in [-0.15, -0.1) is 11.3 Å². The number of hydrogen-bond acceptors (Lipinski definition) is 4. The Labute approximate surface area is 142 Å². The van der Waals surface area contributed by atoms with Crippen LogP contribution >= 0.6 is 11.3 Å². The molecule has 2 aromatic rings. The molecule has 0 spiro atoms. The van der Waals surface area contributed by atoms with Crippen molar-refractivity contribution in [3.05, 3.63) is 38.9 Å². The fourth-order valence-corrected chi connectivity index (χ4v) is 3.20. The second-order valence-electron chi connectivity index (χ2n) is 5.30. The second kappa shape index (κ2) is 8.72. The number of nitrogens with zero attached hydrogens (tertiary/aromatic N) is 2. The third-order valence-corrected chi connectivity index (χ3v) is 4.57. The van der Waals surface area contributed by atoms with Crippen LogP contribution in [0.5, 0.6) is 0 Å². The molecule has 2 heterocycles. The lowest BCUT2D eigenvalue weighted by atomic mass is 10.1. The van der Waals surface area contributed by atoms with Crippen molar-refractivity contribution in [3.8, 4) is 0 Å². The highest BCUT2D eigenvalue weighted by Gasteiger charge is 2.13. The molecule has 2 aromatic heterocycles. The highest BCUT2D eigenvalue weighted by molar-refractivity contribution is 7.11. The number of aromatic nitrogens is 1. The Balaban J connectivity index is 2.04. The van der Waals surface area contributed by atoms with Gasteiger partial charge in [-0.25, -0.2) is 4.99 Å². The van der Waals surface area contributed by atoms with E-state index in [2.05, 4.69) is 55.6 Å². The molecule has 0 radical (unpaired) electrons. The average Bonchev–Trinajstić information content (AvgIpc) is 3.15. The summed E-state index contributed by atoms with van der Waals surface area (Å²) in [6.07, 6.45) is 1.71. The van der Waals surface area contributed by atoms with Crippen LogP contribution < -0.4 is 10.6 Å². The molecule has 2 N–H and O–H groups in total. The zero-order valence-corrected chi connectivity index (χ0v) is 15.2. The van der Waals surface area contributed by atoms with Crippen molar-refractivity contribution in [3.63, 3.8) is 0 Å². The van der Waals surface area contributed by atoms with Gasteiger partial charge in [0.2, 0.25) is 0 Å². The first kappa shape index (κ1) is 17.5. The van der Waals surface area contributed by atoms with Crippen LogP contribution in [0.25, 0.3) is 0 Å². The first-order chi connectivity index (χ1) is 11.2. The Bertz CT molecular complexity index is 623. The van der Waals surface area contributed by atoms with Crippen LogP contribution in [-0.4, -0.2) is 17.7 Å². The van der Waals surface area contributed by atoms with Gasteiger partial charge in [0, 0.05) is 28.3 Å². The molecule has 2 rings (SSSR count). The lowest BCUT2D eigenvalue weighted by molar-refractivity contribution is 0.380. The van der Waals surface area contributed by atoms with Gasteiger partial charge in [-0.1, -0.05) is 19.0 Å². The summed E-state index contributed by atoms with van der Waals surface area (Å²) in [5.41, 5.74) is 2.13. The maximum absolute atomic E-state index is 5.40. The van der Waals surface area contributed by atoms with Crippen molar-refractivity contribution in [1.29, 1.82) is 0 Å². The number of rotatable bonds is 7. The number of thiophene rings is 1. The molecular weight excluding hydrogens is 308 g/mol. The van der Waals surface area contributed by atoms with Crippen LogP contribution in [0.4, 0.5) is 0 Å². The van der Waals surface area contributed by atoms with Gasteiger partial charge >= 0.3 is 0 Å². The van der Waals surface area contributed by atoms with E-state index < -0.39 is 0 Å². The van der Waals surface area contributed by atoms with Crippen LogP contribution in [0.3, 0.4) is 0 Å². The van der Waals surface area contributed by atoms with Crippen molar-refractivity contribution in [2.75, 3.05) is 6.54 Å². The molecule has 0 bridgehead atoms. The van der Waals surface area contributed by atoms with Crippen LogP contribution in [0.15, 0.2) is 21.6 Å². The van der Waals surface area contributed by atoms with E-state index in [-0.39, 0.29) is 0 Å². The van der Waals surface area contributed by atoms with Gasteiger partial charge in [0.05, 0.1) is 18.8 Å². The fraction of sp³-hybridized carbons (Fsp3) is 0.529. The highest BCUT2D eigenvalue weighted by Crippen LogP contribution is 2.17. The van der Waals surface area contributed by atoms with Gasteiger partial charge in [-0.3, -0.25) is 0 Å².